The molecule has 0 radical (unpaired) electrons. The third-order valence-corrected chi connectivity index (χ3v) is 5.79. The number of aromatic nitrogens is 1. The number of thiazole rings is 1. The van der Waals surface area contributed by atoms with Gasteiger partial charge in [0.1, 0.15) is 5.01 Å². The molecule has 1 aromatic rings. The summed E-state index contributed by atoms with van der Waals surface area (Å²) >= 11 is 1.75. The number of rotatable bonds is 9. The zero-order chi connectivity index (χ0) is 16.9. The van der Waals surface area contributed by atoms with Gasteiger partial charge in [0.25, 0.3) is 0 Å². The zero-order valence-corrected chi connectivity index (χ0v) is 18.8. The van der Waals surface area contributed by atoms with E-state index in [2.05, 4.69) is 41.3 Å². The normalized spacial score (nSPS) is 17.5. The molecular weight excluding hydrogens is 445 g/mol. The van der Waals surface area contributed by atoms with Crippen LogP contribution in [0.2, 0.25) is 0 Å². The first kappa shape index (κ1) is 20.9. The Morgan fingerprint density at radius 3 is 2.56 bits per heavy atom. The minimum Gasteiger partial charge on any atom is -0.357 e. The van der Waals surface area contributed by atoms with Gasteiger partial charge in [0.2, 0.25) is 0 Å². The third-order valence-electron chi connectivity index (χ3n) is 4.73. The van der Waals surface area contributed by atoms with Gasteiger partial charge in [-0.2, -0.15) is 0 Å². The van der Waals surface area contributed by atoms with Gasteiger partial charge in [-0.25, -0.2) is 9.98 Å². The summed E-state index contributed by atoms with van der Waals surface area (Å²) in [5, 5.41) is 7.93. The van der Waals surface area contributed by atoms with Crippen LogP contribution in [0.15, 0.2) is 4.99 Å². The van der Waals surface area contributed by atoms with Crippen molar-refractivity contribution in [3.63, 3.8) is 0 Å². The molecule has 2 aliphatic carbocycles. The topological polar surface area (TPSA) is 52.6 Å². The van der Waals surface area contributed by atoms with Gasteiger partial charge >= 0.3 is 0 Å². The largest absolute Gasteiger partial charge is 0.357 e. The summed E-state index contributed by atoms with van der Waals surface area (Å²) in [5.74, 6) is 1.88. The van der Waals surface area contributed by atoms with E-state index in [-0.39, 0.29) is 24.0 Å². The molecule has 0 saturated heterocycles. The summed E-state index contributed by atoms with van der Waals surface area (Å²) in [5.41, 5.74) is 1.13. The minimum absolute atomic E-state index is 0. The van der Waals surface area contributed by atoms with Crippen LogP contribution >= 0.6 is 35.3 Å². The van der Waals surface area contributed by atoms with E-state index in [0.717, 1.165) is 48.3 Å². The molecule has 1 aromatic heterocycles. The Bertz CT molecular complexity index is 546. The fourth-order valence-corrected chi connectivity index (χ4v) is 3.77. The molecule has 142 valence electrons. The van der Waals surface area contributed by atoms with Crippen molar-refractivity contribution in [2.75, 3.05) is 26.2 Å². The average molecular weight is 477 g/mol. The monoisotopic (exact) mass is 477 g/mol. The number of guanidine groups is 1. The van der Waals surface area contributed by atoms with Crippen LogP contribution in [0.1, 0.15) is 48.2 Å². The SMILES string of the molecule is CCNC(=NCc1nc(C)c(C)s1)NCCN(CC1CC1)C1CC1.I. The summed E-state index contributed by atoms with van der Waals surface area (Å²) < 4.78 is 0. The summed E-state index contributed by atoms with van der Waals surface area (Å²) in [6, 6.07) is 0.855. The summed E-state index contributed by atoms with van der Waals surface area (Å²) in [6.07, 6.45) is 5.66. The Labute approximate surface area is 173 Å². The molecule has 0 bridgehead atoms. The van der Waals surface area contributed by atoms with E-state index in [1.165, 1.54) is 37.1 Å². The number of halogens is 1. The summed E-state index contributed by atoms with van der Waals surface area (Å²) in [6.45, 7) is 11.2. The first-order valence-corrected chi connectivity index (χ1v) is 10.2. The smallest absolute Gasteiger partial charge is 0.191 e. The summed E-state index contributed by atoms with van der Waals surface area (Å²) in [4.78, 5) is 13.2. The van der Waals surface area contributed by atoms with Crippen LogP contribution in [0.4, 0.5) is 0 Å². The second-order valence-corrected chi connectivity index (χ2v) is 8.33. The maximum atomic E-state index is 4.69. The average Bonchev–Trinajstić information content (AvgIpc) is 3.44. The Balaban J connectivity index is 0.00000225. The fraction of sp³-hybridized carbons (Fsp3) is 0.778. The van der Waals surface area contributed by atoms with Crippen LogP contribution in [-0.4, -0.2) is 48.1 Å². The first-order valence-electron chi connectivity index (χ1n) is 9.34. The van der Waals surface area contributed by atoms with E-state index in [1.54, 1.807) is 11.3 Å². The van der Waals surface area contributed by atoms with Gasteiger partial charge in [-0.15, -0.1) is 35.3 Å². The van der Waals surface area contributed by atoms with Gasteiger partial charge in [-0.05, 0) is 52.4 Å². The number of hydrogen-bond donors (Lipinski definition) is 2. The first-order chi connectivity index (χ1) is 11.7. The van der Waals surface area contributed by atoms with Gasteiger partial charge in [0.15, 0.2) is 5.96 Å². The highest BCUT2D eigenvalue weighted by Crippen LogP contribution is 2.34. The van der Waals surface area contributed by atoms with Crippen molar-refractivity contribution in [3.05, 3.63) is 15.6 Å². The highest BCUT2D eigenvalue weighted by atomic mass is 127. The van der Waals surface area contributed by atoms with E-state index in [9.17, 15) is 0 Å². The van der Waals surface area contributed by atoms with Crippen molar-refractivity contribution in [2.45, 2.75) is 59.0 Å². The predicted molar refractivity (Wildman–Crippen MR) is 117 cm³/mol. The molecule has 25 heavy (non-hydrogen) atoms. The lowest BCUT2D eigenvalue weighted by Crippen LogP contribution is -2.42. The number of aryl methyl sites for hydroxylation is 2. The second kappa shape index (κ2) is 10.1. The van der Waals surface area contributed by atoms with E-state index in [0.29, 0.717) is 6.54 Å². The van der Waals surface area contributed by atoms with E-state index in [1.807, 2.05) is 0 Å². The molecule has 0 spiro atoms. The maximum absolute atomic E-state index is 4.69. The van der Waals surface area contributed by atoms with Gasteiger partial charge in [-0.3, -0.25) is 4.90 Å². The molecule has 1 heterocycles. The predicted octanol–water partition coefficient (Wildman–Crippen LogP) is 3.31. The molecule has 2 aliphatic rings. The van der Waals surface area contributed by atoms with Crippen molar-refractivity contribution in [1.29, 1.82) is 0 Å². The van der Waals surface area contributed by atoms with Crippen molar-refractivity contribution >= 4 is 41.3 Å². The molecule has 3 rings (SSSR count). The maximum Gasteiger partial charge on any atom is 0.191 e. The lowest BCUT2D eigenvalue weighted by molar-refractivity contribution is 0.256. The molecule has 2 saturated carbocycles. The zero-order valence-electron chi connectivity index (χ0n) is 15.7. The molecule has 0 aliphatic heterocycles. The van der Waals surface area contributed by atoms with Crippen molar-refractivity contribution in [3.8, 4) is 0 Å². The highest BCUT2D eigenvalue weighted by molar-refractivity contribution is 14.0. The number of nitrogens with one attached hydrogen (secondary N) is 2. The van der Waals surface area contributed by atoms with Crippen molar-refractivity contribution < 1.29 is 0 Å². The van der Waals surface area contributed by atoms with Gasteiger partial charge in [0, 0.05) is 37.1 Å². The highest BCUT2D eigenvalue weighted by Gasteiger charge is 2.33. The van der Waals surface area contributed by atoms with Gasteiger partial charge in [-0.1, -0.05) is 0 Å². The van der Waals surface area contributed by atoms with Gasteiger partial charge in [0.05, 0.1) is 12.2 Å². The fourth-order valence-electron chi connectivity index (χ4n) is 2.91. The molecule has 0 unspecified atom stereocenters. The van der Waals surface area contributed by atoms with Crippen molar-refractivity contribution in [1.82, 2.24) is 20.5 Å². The molecular formula is C18H32IN5S. The standard InChI is InChI=1S/C18H31N5S.HI/c1-4-19-18(21-11-17-22-13(2)14(3)24-17)20-9-10-23(16-7-8-16)12-15-5-6-15;/h15-16H,4-12H2,1-3H3,(H2,19,20,21);1H. The van der Waals surface area contributed by atoms with E-state index >= 15 is 0 Å². The Morgan fingerprint density at radius 1 is 1.24 bits per heavy atom. The van der Waals surface area contributed by atoms with Crippen LogP contribution < -0.4 is 10.6 Å². The Morgan fingerprint density at radius 2 is 2.00 bits per heavy atom. The molecule has 7 heteroatoms. The number of aliphatic imine (C=N–C) groups is 1. The second-order valence-electron chi connectivity index (χ2n) is 7.04. The minimum atomic E-state index is 0. The van der Waals surface area contributed by atoms with E-state index < -0.39 is 0 Å². The number of hydrogen-bond acceptors (Lipinski definition) is 4. The van der Waals surface area contributed by atoms with E-state index in [4.69, 9.17) is 4.99 Å². The molecule has 0 amide bonds. The third kappa shape index (κ3) is 7.02. The number of nitrogens with zero attached hydrogens (tertiary/aromatic N) is 3. The lowest BCUT2D eigenvalue weighted by Gasteiger charge is -2.22. The van der Waals surface area contributed by atoms with Crippen LogP contribution in [0.25, 0.3) is 0 Å². The lowest BCUT2D eigenvalue weighted by atomic mass is 10.3. The van der Waals surface area contributed by atoms with Crippen LogP contribution in [0.3, 0.4) is 0 Å². The summed E-state index contributed by atoms with van der Waals surface area (Å²) in [7, 11) is 0. The molecule has 2 N–H and O–H groups in total. The van der Waals surface area contributed by atoms with Crippen molar-refractivity contribution in [2.24, 2.45) is 10.9 Å². The van der Waals surface area contributed by atoms with Gasteiger partial charge < -0.3 is 10.6 Å². The molecule has 0 aromatic carbocycles. The molecule has 5 nitrogen and oxygen atoms in total. The van der Waals surface area contributed by atoms with Crippen LogP contribution in [-0.2, 0) is 6.54 Å². The molecule has 2 fully saturated rings. The quantitative estimate of drug-likeness (QED) is 0.326. The van der Waals surface area contributed by atoms with Crippen LogP contribution in [0, 0.1) is 19.8 Å². The van der Waals surface area contributed by atoms with Crippen LogP contribution in [0.5, 0.6) is 0 Å². The Hall–Kier alpha value is -0.410. The Kier molecular flexibility index (Phi) is 8.41. The molecule has 0 atom stereocenters.